The Kier molecular flexibility index (Phi) is 5.51. The van der Waals surface area contributed by atoms with Gasteiger partial charge >= 0.3 is 5.69 Å². The number of benzene rings is 1. The maximum absolute atomic E-state index is 13.3. The van der Waals surface area contributed by atoms with Gasteiger partial charge in [-0.05, 0) is 67.4 Å². The van der Waals surface area contributed by atoms with E-state index in [0.29, 0.717) is 5.41 Å². The molecule has 4 atom stereocenters. The van der Waals surface area contributed by atoms with Gasteiger partial charge in [-0.15, -0.1) is 0 Å². The van der Waals surface area contributed by atoms with Crippen molar-refractivity contribution in [3.05, 3.63) is 34.7 Å². The number of likely N-dealkylation sites (tertiary alicyclic amines) is 1. The van der Waals surface area contributed by atoms with Crippen LogP contribution in [-0.4, -0.2) is 56.6 Å². The molecule has 0 radical (unpaired) electrons. The predicted octanol–water partition coefficient (Wildman–Crippen LogP) is 2.87. The molecule has 1 saturated heterocycles. The van der Waals surface area contributed by atoms with Gasteiger partial charge in [-0.25, -0.2) is 4.79 Å². The van der Waals surface area contributed by atoms with Gasteiger partial charge in [0.05, 0.1) is 30.3 Å². The first-order chi connectivity index (χ1) is 14.9. The first-order valence-corrected chi connectivity index (χ1v) is 12.1. The Labute approximate surface area is 184 Å². The minimum Gasteiger partial charge on any atom is -0.394 e. The number of nitrogens with zero attached hydrogens (tertiary/aromatic N) is 3. The highest BCUT2D eigenvalue weighted by Gasteiger charge is 2.52. The van der Waals surface area contributed by atoms with Crippen LogP contribution in [0.2, 0.25) is 0 Å². The zero-order chi connectivity index (χ0) is 21.8. The lowest BCUT2D eigenvalue weighted by Crippen LogP contribution is -2.44. The average molecular weight is 428 g/mol. The summed E-state index contributed by atoms with van der Waals surface area (Å²) >= 11 is 0. The van der Waals surface area contributed by atoms with Gasteiger partial charge in [0.15, 0.2) is 0 Å². The molecule has 3 fully saturated rings. The highest BCUT2D eigenvalue weighted by molar-refractivity contribution is 5.76. The van der Waals surface area contributed by atoms with Crippen molar-refractivity contribution < 1.29 is 10.2 Å². The number of aliphatic hydroxyl groups excluding tert-OH is 2. The van der Waals surface area contributed by atoms with Crippen molar-refractivity contribution in [2.75, 3.05) is 26.2 Å². The first kappa shape index (κ1) is 21.2. The summed E-state index contributed by atoms with van der Waals surface area (Å²) in [5.74, 6) is 2.64. The number of hydrogen-bond acceptors (Lipinski definition) is 4. The topological polar surface area (TPSA) is 70.6 Å². The van der Waals surface area contributed by atoms with Crippen molar-refractivity contribution in [3.63, 3.8) is 0 Å². The summed E-state index contributed by atoms with van der Waals surface area (Å²) < 4.78 is 3.57. The number of hydrogen-bond donors (Lipinski definition) is 2. The summed E-state index contributed by atoms with van der Waals surface area (Å²) in [5.41, 5.74) is 2.18. The molecule has 3 aliphatic rings. The van der Waals surface area contributed by atoms with E-state index in [1.807, 2.05) is 28.8 Å². The Morgan fingerprint density at radius 1 is 1.10 bits per heavy atom. The fourth-order valence-corrected chi connectivity index (χ4v) is 7.02. The van der Waals surface area contributed by atoms with Crippen LogP contribution >= 0.6 is 0 Å². The number of imidazole rings is 1. The summed E-state index contributed by atoms with van der Waals surface area (Å²) in [4.78, 5) is 15.9. The second-order valence-electron chi connectivity index (χ2n) is 10.8. The molecule has 0 spiro atoms. The summed E-state index contributed by atoms with van der Waals surface area (Å²) in [6.45, 7) is 8.05. The molecule has 0 unspecified atom stereocenters. The molecule has 2 aromatic rings. The summed E-state index contributed by atoms with van der Waals surface area (Å²) in [6, 6.07) is 8.02. The maximum atomic E-state index is 13.3. The quantitative estimate of drug-likeness (QED) is 0.744. The molecule has 1 aromatic heterocycles. The number of aliphatic hydroxyl groups is 2. The Hall–Kier alpha value is -1.63. The van der Waals surface area contributed by atoms with Gasteiger partial charge in [0.1, 0.15) is 0 Å². The number of fused-ring (bicyclic) bond motifs is 3. The molecule has 1 aromatic carbocycles. The van der Waals surface area contributed by atoms with Crippen molar-refractivity contribution in [3.8, 4) is 0 Å². The van der Waals surface area contributed by atoms with Gasteiger partial charge in [0.25, 0.3) is 0 Å². The van der Waals surface area contributed by atoms with Gasteiger partial charge in [-0.3, -0.25) is 9.13 Å². The van der Waals surface area contributed by atoms with Crippen LogP contribution in [-0.2, 0) is 6.54 Å². The molecule has 6 nitrogen and oxygen atoms in total. The van der Waals surface area contributed by atoms with Crippen LogP contribution < -0.4 is 5.69 Å². The van der Waals surface area contributed by atoms with Crippen LogP contribution in [0.4, 0.5) is 0 Å². The van der Waals surface area contributed by atoms with Gasteiger partial charge in [0, 0.05) is 25.7 Å². The number of piperidine rings is 1. The van der Waals surface area contributed by atoms with Crippen LogP contribution in [0, 0.1) is 23.2 Å². The fourth-order valence-electron chi connectivity index (χ4n) is 7.02. The molecule has 2 bridgehead atoms. The Morgan fingerprint density at radius 2 is 1.81 bits per heavy atom. The van der Waals surface area contributed by atoms with Crippen LogP contribution in [0.25, 0.3) is 11.0 Å². The van der Waals surface area contributed by atoms with E-state index in [1.165, 1.54) is 25.8 Å². The molecule has 1 aliphatic heterocycles. The van der Waals surface area contributed by atoms with Crippen LogP contribution in [0.3, 0.4) is 0 Å². The van der Waals surface area contributed by atoms with E-state index in [2.05, 4.69) is 18.7 Å². The van der Waals surface area contributed by atoms with E-state index in [-0.39, 0.29) is 24.9 Å². The molecule has 2 N–H and O–H groups in total. The van der Waals surface area contributed by atoms with Crippen LogP contribution in [0.15, 0.2) is 29.1 Å². The lowest BCUT2D eigenvalue weighted by atomic mass is 9.68. The van der Waals surface area contributed by atoms with Crippen molar-refractivity contribution in [1.82, 2.24) is 14.0 Å². The highest BCUT2D eigenvalue weighted by atomic mass is 16.3. The largest absolute Gasteiger partial charge is 0.394 e. The standard InChI is InChI=1S/C25H37N3O3/c1-25(2)18-8-7-17(13-18)21(25)15-26-11-9-19(10-12-26)28-23-6-4-3-5-22(23)27(24(28)31)14-20(30)16-29/h3-6,17-21,29-30H,7-16H2,1-2H3/t17-,18-,20+,21-/m1/s1. The zero-order valence-corrected chi connectivity index (χ0v) is 18.9. The maximum Gasteiger partial charge on any atom is 0.329 e. The molecule has 6 heteroatoms. The fraction of sp³-hybridized carbons (Fsp3) is 0.720. The van der Waals surface area contributed by atoms with Crippen molar-refractivity contribution >= 4 is 11.0 Å². The second-order valence-corrected chi connectivity index (χ2v) is 10.8. The van der Waals surface area contributed by atoms with E-state index >= 15 is 0 Å². The van der Waals surface area contributed by atoms with Crippen molar-refractivity contribution in [2.24, 2.45) is 23.2 Å². The van der Waals surface area contributed by atoms with Crippen molar-refractivity contribution in [2.45, 2.75) is 64.6 Å². The first-order valence-electron chi connectivity index (χ1n) is 12.1. The lowest BCUT2D eigenvalue weighted by Gasteiger charge is -2.42. The molecule has 5 rings (SSSR count). The normalized spacial score (nSPS) is 29.7. The molecule has 2 aliphatic carbocycles. The smallest absolute Gasteiger partial charge is 0.329 e. The van der Waals surface area contributed by atoms with Gasteiger partial charge in [-0.1, -0.05) is 26.0 Å². The Morgan fingerprint density at radius 3 is 2.45 bits per heavy atom. The summed E-state index contributed by atoms with van der Waals surface area (Å²) in [6.07, 6.45) is 5.32. The second kappa shape index (κ2) is 8.05. The predicted molar refractivity (Wildman–Crippen MR) is 122 cm³/mol. The van der Waals surface area contributed by atoms with E-state index in [4.69, 9.17) is 0 Å². The van der Waals surface area contributed by atoms with Crippen LogP contribution in [0.1, 0.15) is 52.0 Å². The van der Waals surface area contributed by atoms with Crippen LogP contribution in [0.5, 0.6) is 0 Å². The summed E-state index contributed by atoms with van der Waals surface area (Å²) in [7, 11) is 0. The highest BCUT2D eigenvalue weighted by Crippen LogP contribution is 2.59. The average Bonchev–Trinajstić information content (AvgIpc) is 3.42. The molecular formula is C25H37N3O3. The number of aromatic nitrogens is 2. The van der Waals surface area contributed by atoms with Gasteiger partial charge in [-0.2, -0.15) is 0 Å². The Balaban J connectivity index is 1.32. The molecule has 2 saturated carbocycles. The molecular weight excluding hydrogens is 390 g/mol. The molecule has 31 heavy (non-hydrogen) atoms. The molecule has 2 heterocycles. The minimum absolute atomic E-state index is 0.0682. The Bertz CT molecular complexity index is 986. The third-order valence-electron chi connectivity index (χ3n) is 8.90. The zero-order valence-electron chi connectivity index (χ0n) is 18.9. The monoisotopic (exact) mass is 427 g/mol. The number of rotatable bonds is 6. The number of para-hydroxylation sites is 2. The van der Waals surface area contributed by atoms with Gasteiger partial charge in [0.2, 0.25) is 0 Å². The molecule has 0 amide bonds. The van der Waals surface area contributed by atoms with Crippen molar-refractivity contribution in [1.29, 1.82) is 0 Å². The van der Waals surface area contributed by atoms with E-state index < -0.39 is 6.10 Å². The van der Waals surface area contributed by atoms with E-state index in [9.17, 15) is 15.0 Å². The lowest BCUT2D eigenvalue weighted by molar-refractivity contribution is 0.0643. The molecule has 170 valence electrons. The minimum atomic E-state index is -0.927. The third-order valence-corrected chi connectivity index (χ3v) is 8.90. The van der Waals surface area contributed by atoms with E-state index in [1.54, 1.807) is 4.57 Å². The van der Waals surface area contributed by atoms with E-state index in [0.717, 1.165) is 54.7 Å². The van der Waals surface area contributed by atoms with Gasteiger partial charge < -0.3 is 15.1 Å². The third kappa shape index (κ3) is 3.57. The SMILES string of the molecule is CC1(C)[C@@H]2CC[C@H](C2)[C@H]1CN1CCC(n2c(=O)n(C[C@H](O)CO)c3ccccc32)CC1. The summed E-state index contributed by atoms with van der Waals surface area (Å²) in [5, 5.41) is 19.2.